The molecular formula is C13H14O4. The average molecular weight is 234 g/mol. The Bertz CT molecular complexity index is 583. The van der Waals surface area contributed by atoms with Gasteiger partial charge >= 0.3 is 5.63 Å². The van der Waals surface area contributed by atoms with Gasteiger partial charge in [-0.1, -0.05) is 12.1 Å². The number of fused-ring (bicyclic) bond motifs is 1. The van der Waals surface area contributed by atoms with Crippen LogP contribution in [-0.4, -0.2) is 16.5 Å². The molecule has 0 aliphatic rings. The first-order valence-electron chi connectivity index (χ1n) is 5.46. The summed E-state index contributed by atoms with van der Waals surface area (Å²) in [4.78, 5) is 11.2. The van der Waals surface area contributed by atoms with Crippen LogP contribution in [0.4, 0.5) is 0 Å². The lowest BCUT2D eigenvalue weighted by atomic mass is 10.1. The van der Waals surface area contributed by atoms with Gasteiger partial charge in [0.2, 0.25) is 0 Å². The van der Waals surface area contributed by atoms with Gasteiger partial charge < -0.3 is 14.6 Å². The van der Waals surface area contributed by atoms with E-state index in [1.807, 2.05) is 19.1 Å². The van der Waals surface area contributed by atoms with E-state index in [1.54, 1.807) is 6.07 Å². The molecule has 0 spiro atoms. The molecule has 0 amide bonds. The monoisotopic (exact) mass is 234 g/mol. The molecule has 0 saturated heterocycles. The van der Waals surface area contributed by atoms with Crippen LogP contribution < -0.4 is 5.63 Å². The molecule has 0 unspecified atom stereocenters. The number of aliphatic hydroxyl groups excluding tert-OH is 1. The average Bonchev–Trinajstić information content (AvgIpc) is 2.25. The molecule has 0 bridgehead atoms. The lowest BCUT2D eigenvalue weighted by Crippen LogP contribution is -2.05. The first-order chi connectivity index (χ1) is 8.06. The Kier molecular flexibility index (Phi) is 3.26. The van der Waals surface area contributed by atoms with Crippen LogP contribution in [-0.2, 0) is 6.42 Å². The molecule has 0 radical (unpaired) electrons. The Labute approximate surface area is 98.1 Å². The number of hydrogen-bond acceptors (Lipinski definition) is 4. The van der Waals surface area contributed by atoms with Gasteiger partial charge in [0.05, 0.1) is 0 Å². The van der Waals surface area contributed by atoms with E-state index in [0.29, 0.717) is 12.0 Å². The summed E-state index contributed by atoms with van der Waals surface area (Å²) in [5.74, 6) is 0. The second kappa shape index (κ2) is 4.69. The fourth-order valence-electron chi connectivity index (χ4n) is 1.82. The zero-order valence-corrected chi connectivity index (χ0v) is 9.51. The molecule has 90 valence electrons. The van der Waals surface area contributed by atoms with Crippen LogP contribution in [0.1, 0.15) is 17.5 Å². The third-order valence-corrected chi connectivity index (χ3v) is 2.71. The molecule has 4 nitrogen and oxygen atoms in total. The van der Waals surface area contributed by atoms with E-state index in [0.717, 1.165) is 16.5 Å². The van der Waals surface area contributed by atoms with Crippen molar-refractivity contribution in [3.63, 3.8) is 0 Å². The van der Waals surface area contributed by atoms with Crippen LogP contribution in [0.15, 0.2) is 33.5 Å². The highest BCUT2D eigenvalue weighted by atomic mass is 16.5. The van der Waals surface area contributed by atoms with Crippen LogP contribution in [0, 0.1) is 6.92 Å². The minimum Gasteiger partial charge on any atom is -0.423 e. The van der Waals surface area contributed by atoms with Gasteiger partial charge in [-0.15, -0.1) is 0 Å². The summed E-state index contributed by atoms with van der Waals surface area (Å²) in [7, 11) is 0. The minimum absolute atomic E-state index is 0.265. The number of benzene rings is 1. The Morgan fingerprint density at radius 1 is 1.29 bits per heavy atom. The van der Waals surface area contributed by atoms with Gasteiger partial charge in [-0.25, -0.2) is 4.79 Å². The van der Waals surface area contributed by atoms with Crippen LogP contribution in [0.3, 0.4) is 0 Å². The maximum absolute atomic E-state index is 11.2. The van der Waals surface area contributed by atoms with Gasteiger partial charge in [-0.2, -0.15) is 0 Å². The SMILES string of the molecule is Cc1cc(=O)oc2cc(CCC(O)O)ccc12. The summed E-state index contributed by atoms with van der Waals surface area (Å²) in [6.45, 7) is 1.86. The highest BCUT2D eigenvalue weighted by Crippen LogP contribution is 2.18. The largest absolute Gasteiger partial charge is 0.423 e. The molecule has 0 saturated carbocycles. The number of aryl methyl sites for hydroxylation is 2. The third kappa shape index (κ3) is 2.72. The molecule has 2 aromatic rings. The predicted octanol–water partition coefficient (Wildman–Crippen LogP) is 1.34. The molecule has 0 aliphatic carbocycles. The van der Waals surface area contributed by atoms with E-state index in [-0.39, 0.29) is 12.0 Å². The Balaban J connectivity index is 2.40. The smallest absolute Gasteiger partial charge is 0.336 e. The third-order valence-electron chi connectivity index (χ3n) is 2.71. The fourth-order valence-corrected chi connectivity index (χ4v) is 1.82. The second-order valence-corrected chi connectivity index (χ2v) is 4.10. The lowest BCUT2D eigenvalue weighted by molar-refractivity contribution is -0.0447. The summed E-state index contributed by atoms with van der Waals surface area (Å²) in [6.07, 6.45) is -0.512. The van der Waals surface area contributed by atoms with Gasteiger partial charge in [0.25, 0.3) is 0 Å². The zero-order valence-electron chi connectivity index (χ0n) is 9.51. The molecular weight excluding hydrogens is 220 g/mol. The summed E-state index contributed by atoms with van der Waals surface area (Å²) in [6, 6.07) is 7.01. The summed E-state index contributed by atoms with van der Waals surface area (Å²) < 4.78 is 5.11. The molecule has 1 aromatic carbocycles. The van der Waals surface area contributed by atoms with E-state index >= 15 is 0 Å². The molecule has 1 aromatic heterocycles. The number of hydrogen-bond donors (Lipinski definition) is 2. The van der Waals surface area contributed by atoms with Crippen molar-refractivity contribution in [2.75, 3.05) is 0 Å². The van der Waals surface area contributed by atoms with Crippen molar-refractivity contribution in [2.45, 2.75) is 26.1 Å². The van der Waals surface area contributed by atoms with Crippen LogP contribution in [0.2, 0.25) is 0 Å². The molecule has 0 fully saturated rings. The molecule has 2 N–H and O–H groups in total. The Morgan fingerprint density at radius 3 is 2.76 bits per heavy atom. The van der Waals surface area contributed by atoms with E-state index in [1.165, 1.54) is 6.07 Å². The molecule has 17 heavy (non-hydrogen) atoms. The predicted molar refractivity (Wildman–Crippen MR) is 63.8 cm³/mol. The van der Waals surface area contributed by atoms with E-state index < -0.39 is 6.29 Å². The first kappa shape index (κ1) is 11.8. The van der Waals surface area contributed by atoms with Crippen molar-refractivity contribution < 1.29 is 14.6 Å². The molecule has 0 atom stereocenters. The van der Waals surface area contributed by atoms with Crippen molar-refractivity contribution in [1.82, 2.24) is 0 Å². The van der Waals surface area contributed by atoms with Gasteiger partial charge in [0.1, 0.15) is 5.58 Å². The normalized spacial score (nSPS) is 11.3. The summed E-state index contributed by atoms with van der Waals surface area (Å²) in [5.41, 5.74) is 1.97. The van der Waals surface area contributed by atoms with Gasteiger partial charge in [0, 0.05) is 17.9 Å². The second-order valence-electron chi connectivity index (χ2n) is 4.10. The molecule has 1 heterocycles. The zero-order chi connectivity index (χ0) is 12.4. The number of aliphatic hydroxyl groups is 2. The van der Waals surface area contributed by atoms with Crippen LogP contribution in [0.5, 0.6) is 0 Å². The van der Waals surface area contributed by atoms with Gasteiger partial charge in [0.15, 0.2) is 6.29 Å². The first-order valence-corrected chi connectivity index (χ1v) is 5.46. The maximum Gasteiger partial charge on any atom is 0.336 e. The van der Waals surface area contributed by atoms with Crippen molar-refractivity contribution >= 4 is 11.0 Å². The van der Waals surface area contributed by atoms with Crippen molar-refractivity contribution in [1.29, 1.82) is 0 Å². The van der Waals surface area contributed by atoms with Crippen molar-refractivity contribution in [2.24, 2.45) is 0 Å². The fraction of sp³-hybridized carbons (Fsp3) is 0.308. The lowest BCUT2D eigenvalue weighted by Gasteiger charge is -2.05. The van der Waals surface area contributed by atoms with Crippen molar-refractivity contribution in [3.8, 4) is 0 Å². The van der Waals surface area contributed by atoms with Crippen molar-refractivity contribution in [3.05, 3.63) is 45.8 Å². The quantitative estimate of drug-likeness (QED) is 0.621. The Morgan fingerprint density at radius 2 is 2.06 bits per heavy atom. The molecule has 2 rings (SSSR count). The van der Waals surface area contributed by atoms with E-state index in [9.17, 15) is 4.79 Å². The van der Waals surface area contributed by atoms with Gasteiger partial charge in [-0.3, -0.25) is 0 Å². The van der Waals surface area contributed by atoms with E-state index in [4.69, 9.17) is 14.6 Å². The van der Waals surface area contributed by atoms with Gasteiger partial charge in [-0.05, 0) is 30.5 Å². The Hall–Kier alpha value is -1.65. The summed E-state index contributed by atoms with van der Waals surface area (Å²) in [5, 5.41) is 18.5. The topological polar surface area (TPSA) is 70.7 Å². The standard InChI is InChI=1S/C13H14O4/c1-8-6-13(16)17-11-7-9(2-4-10(8)11)3-5-12(14)15/h2,4,6-7,12,14-15H,3,5H2,1H3. The highest BCUT2D eigenvalue weighted by molar-refractivity contribution is 5.80. The summed E-state index contributed by atoms with van der Waals surface area (Å²) >= 11 is 0. The maximum atomic E-state index is 11.2. The molecule has 4 heteroatoms. The van der Waals surface area contributed by atoms with Crippen LogP contribution in [0.25, 0.3) is 11.0 Å². The minimum atomic E-state index is -1.31. The van der Waals surface area contributed by atoms with E-state index in [2.05, 4.69) is 0 Å². The molecule has 0 aliphatic heterocycles. The van der Waals surface area contributed by atoms with Crippen LogP contribution >= 0.6 is 0 Å². The number of rotatable bonds is 3. The highest BCUT2D eigenvalue weighted by Gasteiger charge is 2.04.